The quantitative estimate of drug-likeness (QED) is 0.875. The molecular formula is C13H17ClN4O. The first kappa shape index (κ1) is 13.8. The zero-order valence-electron chi connectivity index (χ0n) is 10.5. The number of aromatic nitrogens is 3. The summed E-state index contributed by atoms with van der Waals surface area (Å²) in [5.41, 5.74) is 0.722. The van der Waals surface area contributed by atoms with Crippen LogP contribution in [-0.4, -0.2) is 27.9 Å². The summed E-state index contributed by atoms with van der Waals surface area (Å²) in [7, 11) is 0. The number of nitrogens with one attached hydrogen (secondary N) is 2. The Balaban J connectivity index is 0.00000133. The number of para-hydroxylation sites is 1. The molecule has 1 aromatic heterocycles. The van der Waals surface area contributed by atoms with Crippen molar-refractivity contribution in [3.05, 3.63) is 46.6 Å². The van der Waals surface area contributed by atoms with Crippen LogP contribution < -0.4 is 11.0 Å². The maximum Gasteiger partial charge on any atom is 0.347 e. The van der Waals surface area contributed by atoms with Crippen molar-refractivity contribution in [1.29, 1.82) is 0 Å². The molecule has 19 heavy (non-hydrogen) atoms. The second-order valence-electron chi connectivity index (χ2n) is 4.58. The van der Waals surface area contributed by atoms with Crippen molar-refractivity contribution in [2.75, 3.05) is 13.1 Å². The summed E-state index contributed by atoms with van der Waals surface area (Å²) in [4.78, 5) is 11.9. The third-order valence-electron chi connectivity index (χ3n) is 3.42. The lowest BCUT2D eigenvalue weighted by atomic mass is 9.97. The number of halogens is 1. The largest absolute Gasteiger partial charge is 0.347 e. The fourth-order valence-corrected chi connectivity index (χ4v) is 2.49. The van der Waals surface area contributed by atoms with Crippen molar-refractivity contribution in [2.24, 2.45) is 0 Å². The minimum absolute atomic E-state index is 0. The molecule has 0 radical (unpaired) electrons. The van der Waals surface area contributed by atoms with Gasteiger partial charge in [0.2, 0.25) is 0 Å². The minimum Gasteiger partial charge on any atom is -0.317 e. The predicted octanol–water partition coefficient (Wildman–Crippen LogP) is 1.45. The molecule has 0 atom stereocenters. The van der Waals surface area contributed by atoms with Crippen LogP contribution >= 0.6 is 12.4 Å². The fourth-order valence-electron chi connectivity index (χ4n) is 2.49. The fraction of sp³-hybridized carbons (Fsp3) is 0.385. The standard InChI is InChI=1S/C13H16N4O.ClH/c18-13-16-15-12(10-6-8-14-9-7-10)17(13)11-4-2-1-3-5-11;/h1-5,10,14H,6-9H2,(H,16,18);1H. The first-order chi connectivity index (χ1) is 8.86. The number of rotatable bonds is 2. The van der Waals surface area contributed by atoms with E-state index < -0.39 is 0 Å². The molecular weight excluding hydrogens is 264 g/mol. The molecule has 1 aliphatic heterocycles. The molecule has 1 aromatic carbocycles. The van der Waals surface area contributed by atoms with Crippen LogP contribution in [0.2, 0.25) is 0 Å². The second kappa shape index (κ2) is 6.04. The van der Waals surface area contributed by atoms with E-state index in [0.717, 1.165) is 37.4 Å². The molecule has 0 amide bonds. The number of hydrogen-bond donors (Lipinski definition) is 2. The topological polar surface area (TPSA) is 62.7 Å². The summed E-state index contributed by atoms with van der Waals surface area (Å²) in [6.07, 6.45) is 2.05. The van der Waals surface area contributed by atoms with Crippen molar-refractivity contribution in [3.63, 3.8) is 0 Å². The molecule has 2 N–H and O–H groups in total. The first-order valence-electron chi connectivity index (χ1n) is 6.30. The highest BCUT2D eigenvalue weighted by Crippen LogP contribution is 2.23. The minimum atomic E-state index is -0.158. The van der Waals surface area contributed by atoms with Gasteiger partial charge in [-0.05, 0) is 38.1 Å². The Hall–Kier alpha value is -1.59. The van der Waals surface area contributed by atoms with E-state index in [4.69, 9.17) is 0 Å². The summed E-state index contributed by atoms with van der Waals surface area (Å²) in [6, 6.07) is 9.67. The van der Waals surface area contributed by atoms with Gasteiger partial charge >= 0.3 is 5.69 Å². The Morgan fingerprint density at radius 1 is 1.16 bits per heavy atom. The highest BCUT2D eigenvalue weighted by Gasteiger charge is 2.22. The molecule has 5 nitrogen and oxygen atoms in total. The predicted molar refractivity (Wildman–Crippen MR) is 76.3 cm³/mol. The zero-order valence-corrected chi connectivity index (χ0v) is 11.3. The van der Waals surface area contributed by atoms with Gasteiger partial charge in [0.25, 0.3) is 0 Å². The van der Waals surface area contributed by atoms with Crippen LogP contribution in [0.15, 0.2) is 35.1 Å². The molecule has 0 unspecified atom stereocenters. The van der Waals surface area contributed by atoms with Gasteiger partial charge in [-0.1, -0.05) is 18.2 Å². The Kier molecular flexibility index (Phi) is 4.39. The van der Waals surface area contributed by atoms with Gasteiger partial charge in [-0.25, -0.2) is 14.5 Å². The molecule has 0 bridgehead atoms. The number of benzene rings is 1. The monoisotopic (exact) mass is 280 g/mol. The van der Waals surface area contributed by atoms with Crippen molar-refractivity contribution in [3.8, 4) is 5.69 Å². The molecule has 0 saturated carbocycles. The van der Waals surface area contributed by atoms with Crippen LogP contribution in [0.1, 0.15) is 24.6 Å². The van der Waals surface area contributed by atoms with E-state index in [-0.39, 0.29) is 18.1 Å². The lowest BCUT2D eigenvalue weighted by molar-refractivity contribution is 0.440. The Bertz CT molecular complexity index is 572. The van der Waals surface area contributed by atoms with Gasteiger partial charge in [-0.15, -0.1) is 12.4 Å². The van der Waals surface area contributed by atoms with Crippen molar-refractivity contribution < 1.29 is 0 Å². The Labute approximate surface area is 117 Å². The van der Waals surface area contributed by atoms with E-state index >= 15 is 0 Å². The molecule has 2 aromatic rings. The summed E-state index contributed by atoms with van der Waals surface area (Å²) in [5, 5.41) is 10.1. The maximum atomic E-state index is 11.9. The van der Waals surface area contributed by atoms with Crippen LogP contribution in [0.3, 0.4) is 0 Å². The third kappa shape index (κ3) is 2.72. The highest BCUT2D eigenvalue weighted by molar-refractivity contribution is 5.85. The average molecular weight is 281 g/mol. The average Bonchev–Trinajstić information content (AvgIpc) is 2.83. The highest BCUT2D eigenvalue weighted by atomic mass is 35.5. The summed E-state index contributed by atoms with van der Waals surface area (Å²) < 4.78 is 1.69. The van der Waals surface area contributed by atoms with Gasteiger partial charge in [0.1, 0.15) is 5.82 Å². The maximum absolute atomic E-state index is 11.9. The normalized spacial score (nSPS) is 16.0. The molecule has 6 heteroatoms. The lowest BCUT2D eigenvalue weighted by Crippen LogP contribution is -2.29. The van der Waals surface area contributed by atoms with Crippen LogP contribution in [0, 0.1) is 0 Å². The van der Waals surface area contributed by atoms with E-state index in [0.29, 0.717) is 5.92 Å². The summed E-state index contributed by atoms with van der Waals surface area (Å²) >= 11 is 0. The van der Waals surface area contributed by atoms with E-state index in [2.05, 4.69) is 15.5 Å². The van der Waals surface area contributed by atoms with Crippen molar-refractivity contribution in [1.82, 2.24) is 20.1 Å². The number of H-pyrrole nitrogens is 1. The van der Waals surface area contributed by atoms with Crippen LogP contribution in [0.25, 0.3) is 5.69 Å². The van der Waals surface area contributed by atoms with E-state index in [1.165, 1.54) is 0 Å². The molecule has 1 aliphatic rings. The molecule has 0 aliphatic carbocycles. The SMILES string of the molecule is Cl.O=c1[nH]nc(C2CCNCC2)n1-c1ccccc1. The van der Waals surface area contributed by atoms with E-state index in [1.54, 1.807) is 4.57 Å². The summed E-state index contributed by atoms with van der Waals surface area (Å²) in [6.45, 7) is 1.97. The van der Waals surface area contributed by atoms with Crippen LogP contribution in [0.4, 0.5) is 0 Å². The smallest absolute Gasteiger partial charge is 0.317 e. The van der Waals surface area contributed by atoms with Crippen molar-refractivity contribution >= 4 is 12.4 Å². The molecule has 0 spiro atoms. The van der Waals surface area contributed by atoms with Gasteiger partial charge in [-0.2, -0.15) is 5.10 Å². The van der Waals surface area contributed by atoms with Gasteiger partial charge in [-0.3, -0.25) is 0 Å². The van der Waals surface area contributed by atoms with E-state index in [9.17, 15) is 4.79 Å². The number of aromatic amines is 1. The molecule has 102 valence electrons. The number of hydrogen-bond acceptors (Lipinski definition) is 3. The lowest BCUT2D eigenvalue weighted by Gasteiger charge is -2.22. The van der Waals surface area contributed by atoms with Gasteiger partial charge in [0.15, 0.2) is 0 Å². The molecule has 1 saturated heterocycles. The third-order valence-corrected chi connectivity index (χ3v) is 3.42. The Morgan fingerprint density at radius 3 is 2.53 bits per heavy atom. The summed E-state index contributed by atoms with van der Waals surface area (Å²) in [5.74, 6) is 1.21. The first-order valence-corrected chi connectivity index (χ1v) is 6.30. The number of nitrogens with zero attached hydrogens (tertiary/aromatic N) is 2. The van der Waals surface area contributed by atoms with Crippen LogP contribution in [0.5, 0.6) is 0 Å². The zero-order chi connectivity index (χ0) is 12.4. The number of piperidine rings is 1. The second-order valence-corrected chi connectivity index (χ2v) is 4.58. The molecule has 3 rings (SSSR count). The van der Waals surface area contributed by atoms with Gasteiger partial charge < -0.3 is 5.32 Å². The molecule has 1 fully saturated rings. The van der Waals surface area contributed by atoms with Crippen LogP contribution in [-0.2, 0) is 0 Å². The molecule has 2 heterocycles. The Morgan fingerprint density at radius 2 is 1.84 bits per heavy atom. The van der Waals surface area contributed by atoms with E-state index in [1.807, 2.05) is 30.3 Å². The van der Waals surface area contributed by atoms with Crippen molar-refractivity contribution in [2.45, 2.75) is 18.8 Å². The van der Waals surface area contributed by atoms with Gasteiger partial charge in [0, 0.05) is 5.92 Å². The van der Waals surface area contributed by atoms with Gasteiger partial charge in [0.05, 0.1) is 5.69 Å².